The van der Waals surface area contributed by atoms with E-state index >= 15 is 0 Å². The maximum atomic E-state index is 12.9. The molecule has 0 bridgehead atoms. The van der Waals surface area contributed by atoms with E-state index in [9.17, 15) is 4.79 Å². The van der Waals surface area contributed by atoms with Crippen LogP contribution in [0.25, 0.3) is 0 Å². The van der Waals surface area contributed by atoms with Crippen LogP contribution in [0.5, 0.6) is 0 Å². The van der Waals surface area contributed by atoms with E-state index in [1.54, 1.807) is 0 Å². The second-order valence-electron chi connectivity index (χ2n) is 6.50. The van der Waals surface area contributed by atoms with E-state index in [4.69, 9.17) is 0 Å². The summed E-state index contributed by atoms with van der Waals surface area (Å²) >= 11 is 0. The number of nitrogens with one attached hydrogen (secondary N) is 1. The zero-order valence-electron chi connectivity index (χ0n) is 13.6. The molecule has 0 aromatic heterocycles. The fourth-order valence-electron chi connectivity index (χ4n) is 2.78. The summed E-state index contributed by atoms with van der Waals surface area (Å²) in [5, 5.41) is 3.35. The van der Waals surface area contributed by atoms with E-state index in [0.717, 1.165) is 37.4 Å². The molecule has 1 heterocycles. The minimum atomic E-state index is -0.0397. The minimum absolute atomic E-state index is 0.0397. The molecular formula is C17H27N3O. The number of para-hydroxylation sites is 1. The molecule has 0 fully saturated rings. The van der Waals surface area contributed by atoms with Gasteiger partial charge in [-0.15, -0.1) is 0 Å². The summed E-state index contributed by atoms with van der Waals surface area (Å²) in [5.74, 6) is 0.700. The molecule has 4 heteroatoms. The smallest absolute Gasteiger partial charge is 0.232 e. The van der Waals surface area contributed by atoms with Crippen LogP contribution >= 0.6 is 0 Å². The molecule has 1 aromatic carbocycles. The van der Waals surface area contributed by atoms with E-state index in [-0.39, 0.29) is 11.8 Å². The van der Waals surface area contributed by atoms with Crippen molar-refractivity contribution in [1.82, 2.24) is 9.80 Å². The molecule has 0 spiro atoms. The molecule has 4 nitrogen and oxygen atoms in total. The SMILES string of the molecule is CC(C)CN(CCN(C)C)C(=O)C1CNc2ccccc21. The lowest BCUT2D eigenvalue weighted by Crippen LogP contribution is -2.42. The Morgan fingerprint density at radius 3 is 2.67 bits per heavy atom. The molecule has 1 N–H and O–H groups in total. The van der Waals surface area contributed by atoms with E-state index in [2.05, 4.69) is 36.2 Å². The van der Waals surface area contributed by atoms with Crippen LogP contribution in [0.3, 0.4) is 0 Å². The molecule has 1 aliphatic heterocycles. The van der Waals surface area contributed by atoms with Gasteiger partial charge in [0.25, 0.3) is 0 Å². The molecule has 0 saturated heterocycles. The van der Waals surface area contributed by atoms with Crippen molar-refractivity contribution in [1.29, 1.82) is 0 Å². The zero-order valence-corrected chi connectivity index (χ0v) is 13.6. The predicted molar refractivity (Wildman–Crippen MR) is 87.6 cm³/mol. The molecule has 2 rings (SSSR count). The van der Waals surface area contributed by atoms with E-state index < -0.39 is 0 Å². The van der Waals surface area contributed by atoms with Crippen LogP contribution in [0.4, 0.5) is 5.69 Å². The predicted octanol–water partition coefficient (Wildman–Crippen LogP) is 2.24. The zero-order chi connectivity index (χ0) is 15.4. The lowest BCUT2D eigenvalue weighted by atomic mass is 9.99. The number of amides is 1. The van der Waals surface area contributed by atoms with E-state index in [1.165, 1.54) is 0 Å². The van der Waals surface area contributed by atoms with Gasteiger partial charge in [-0.25, -0.2) is 0 Å². The second kappa shape index (κ2) is 6.94. The van der Waals surface area contributed by atoms with Gasteiger partial charge in [-0.1, -0.05) is 32.0 Å². The number of rotatable bonds is 6. The molecule has 0 aliphatic carbocycles. The quantitative estimate of drug-likeness (QED) is 0.872. The fraction of sp³-hybridized carbons (Fsp3) is 0.588. The minimum Gasteiger partial charge on any atom is -0.384 e. The number of nitrogens with zero attached hydrogens (tertiary/aromatic N) is 2. The van der Waals surface area contributed by atoms with E-state index in [1.807, 2.05) is 31.1 Å². The second-order valence-corrected chi connectivity index (χ2v) is 6.50. The largest absolute Gasteiger partial charge is 0.384 e. The number of fused-ring (bicyclic) bond motifs is 1. The van der Waals surface area contributed by atoms with Gasteiger partial charge in [0.15, 0.2) is 0 Å². The Morgan fingerprint density at radius 1 is 1.29 bits per heavy atom. The van der Waals surface area contributed by atoms with Crippen molar-refractivity contribution < 1.29 is 4.79 Å². The van der Waals surface area contributed by atoms with Gasteiger partial charge in [0.1, 0.15) is 0 Å². The number of carbonyl (C=O) groups is 1. The van der Waals surface area contributed by atoms with Crippen LogP contribution in [0, 0.1) is 5.92 Å². The molecular weight excluding hydrogens is 262 g/mol. The summed E-state index contributed by atoms with van der Waals surface area (Å²) in [4.78, 5) is 17.1. The van der Waals surface area contributed by atoms with Crippen molar-refractivity contribution in [2.45, 2.75) is 19.8 Å². The highest BCUT2D eigenvalue weighted by Crippen LogP contribution is 2.32. The highest BCUT2D eigenvalue weighted by atomic mass is 16.2. The molecule has 0 radical (unpaired) electrons. The van der Waals surface area contributed by atoms with Crippen molar-refractivity contribution in [3.8, 4) is 0 Å². The van der Waals surface area contributed by atoms with Gasteiger partial charge in [-0.05, 0) is 31.6 Å². The summed E-state index contributed by atoms with van der Waals surface area (Å²) in [6, 6.07) is 8.14. The highest BCUT2D eigenvalue weighted by molar-refractivity contribution is 5.88. The Balaban J connectivity index is 2.11. The molecule has 1 amide bonds. The number of benzene rings is 1. The first-order valence-corrected chi connectivity index (χ1v) is 7.75. The third-order valence-electron chi connectivity index (χ3n) is 3.85. The third kappa shape index (κ3) is 3.97. The van der Waals surface area contributed by atoms with Gasteiger partial charge in [-0.2, -0.15) is 0 Å². The molecule has 1 aliphatic rings. The maximum absolute atomic E-state index is 12.9. The fourth-order valence-corrected chi connectivity index (χ4v) is 2.78. The summed E-state index contributed by atoms with van der Waals surface area (Å²) < 4.78 is 0. The Bertz CT molecular complexity index is 485. The van der Waals surface area contributed by atoms with Gasteiger partial charge < -0.3 is 15.1 Å². The number of likely N-dealkylation sites (N-methyl/N-ethyl adjacent to an activating group) is 1. The Hall–Kier alpha value is -1.55. The highest BCUT2D eigenvalue weighted by Gasteiger charge is 2.31. The summed E-state index contributed by atoms with van der Waals surface area (Å²) in [7, 11) is 4.09. The molecule has 1 unspecified atom stereocenters. The van der Waals surface area contributed by atoms with Crippen molar-refractivity contribution in [2.24, 2.45) is 5.92 Å². The van der Waals surface area contributed by atoms with E-state index in [0.29, 0.717) is 5.92 Å². The number of hydrogen-bond donors (Lipinski definition) is 1. The lowest BCUT2D eigenvalue weighted by Gasteiger charge is -2.28. The Labute approximate surface area is 128 Å². The molecule has 116 valence electrons. The lowest BCUT2D eigenvalue weighted by molar-refractivity contribution is -0.133. The molecule has 0 saturated carbocycles. The van der Waals surface area contributed by atoms with Gasteiger partial charge >= 0.3 is 0 Å². The van der Waals surface area contributed by atoms with Crippen LogP contribution in [-0.2, 0) is 4.79 Å². The van der Waals surface area contributed by atoms with Crippen LogP contribution in [0.1, 0.15) is 25.3 Å². The standard InChI is InChI=1S/C17H27N3O/c1-13(2)12-20(10-9-19(3)4)17(21)15-11-18-16-8-6-5-7-14(15)16/h5-8,13,15,18H,9-12H2,1-4H3. The summed E-state index contributed by atoms with van der Waals surface area (Å²) in [6.07, 6.45) is 0. The van der Waals surface area contributed by atoms with Gasteiger partial charge in [0, 0.05) is 31.9 Å². The van der Waals surface area contributed by atoms with Crippen LogP contribution < -0.4 is 5.32 Å². The van der Waals surface area contributed by atoms with Crippen molar-refractivity contribution in [3.63, 3.8) is 0 Å². The van der Waals surface area contributed by atoms with Crippen molar-refractivity contribution in [3.05, 3.63) is 29.8 Å². The Morgan fingerprint density at radius 2 is 2.00 bits per heavy atom. The first kappa shape index (κ1) is 15.8. The van der Waals surface area contributed by atoms with Crippen LogP contribution in [0.15, 0.2) is 24.3 Å². The van der Waals surface area contributed by atoms with Crippen LogP contribution in [0.2, 0.25) is 0 Å². The van der Waals surface area contributed by atoms with Gasteiger partial charge in [0.2, 0.25) is 5.91 Å². The summed E-state index contributed by atoms with van der Waals surface area (Å²) in [6.45, 7) is 7.57. The number of anilines is 1. The summed E-state index contributed by atoms with van der Waals surface area (Å²) in [5.41, 5.74) is 2.24. The van der Waals surface area contributed by atoms with Crippen LogP contribution in [-0.4, -0.2) is 56.0 Å². The first-order valence-electron chi connectivity index (χ1n) is 7.75. The Kier molecular flexibility index (Phi) is 5.23. The van der Waals surface area contributed by atoms with Crippen molar-refractivity contribution in [2.75, 3.05) is 45.6 Å². The first-order chi connectivity index (χ1) is 9.99. The maximum Gasteiger partial charge on any atom is 0.232 e. The normalized spacial score (nSPS) is 17.0. The topological polar surface area (TPSA) is 35.6 Å². The monoisotopic (exact) mass is 289 g/mol. The average Bonchev–Trinajstić information content (AvgIpc) is 2.86. The van der Waals surface area contributed by atoms with Gasteiger partial charge in [-0.3, -0.25) is 4.79 Å². The third-order valence-corrected chi connectivity index (χ3v) is 3.85. The molecule has 1 atom stereocenters. The number of carbonyl (C=O) groups excluding carboxylic acids is 1. The molecule has 1 aromatic rings. The van der Waals surface area contributed by atoms with Crippen molar-refractivity contribution >= 4 is 11.6 Å². The average molecular weight is 289 g/mol. The molecule has 21 heavy (non-hydrogen) atoms. The van der Waals surface area contributed by atoms with Gasteiger partial charge in [0.05, 0.1) is 5.92 Å². The number of hydrogen-bond acceptors (Lipinski definition) is 3.